The molecule has 2 rings (SSSR count). The second-order valence-electron chi connectivity index (χ2n) is 4.15. The number of nitrogens with one attached hydrogen (secondary N) is 1. The Morgan fingerprint density at radius 3 is 2.65 bits per heavy atom. The summed E-state index contributed by atoms with van der Waals surface area (Å²) in [6, 6.07) is 6.06. The van der Waals surface area contributed by atoms with E-state index in [-0.39, 0.29) is 11.7 Å². The summed E-state index contributed by atoms with van der Waals surface area (Å²) < 4.78 is 33.5. The van der Waals surface area contributed by atoms with Gasteiger partial charge in [0, 0.05) is 17.1 Å². The first-order chi connectivity index (χ1) is 9.51. The SMILES string of the molecule is CCNc1nc(Oc2ccc(Br)cc2C)c(F)cc1F. The van der Waals surface area contributed by atoms with Crippen LogP contribution in [0.1, 0.15) is 12.5 Å². The van der Waals surface area contributed by atoms with Crippen molar-refractivity contribution in [1.82, 2.24) is 4.98 Å². The molecule has 1 aromatic carbocycles. The molecule has 0 aliphatic rings. The third-order valence-corrected chi connectivity index (χ3v) is 3.08. The van der Waals surface area contributed by atoms with Crippen molar-refractivity contribution in [3.63, 3.8) is 0 Å². The Morgan fingerprint density at radius 2 is 2.00 bits per heavy atom. The number of aromatic nitrogens is 1. The van der Waals surface area contributed by atoms with E-state index in [0.717, 1.165) is 16.1 Å². The lowest BCUT2D eigenvalue weighted by molar-refractivity contribution is 0.415. The fraction of sp³-hybridized carbons (Fsp3) is 0.214. The first-order valence-corrected chi connectivity index (χ1v) is 6.84. The maximum Gasteiger partial charge on any atom is 0.258 e. The van der Waals surface area contributed by atoms with Gasteiger partial charge < -0.3 is 10.1 Å². The number of pyridine rings is 1. The third kappa shape index (κ3) is 3.25. The van der Waals surface area contributed by atoms with Gasteiger partial charge in [0.15, 0.2) is 17.5 Å². The molecule has 0 aliphatic carbocycles. The molecule has 0 bridgehead atoms. The standard InChI is InChI=1S/C14H13BrF2N2O/c1-3-18-13-10(16)7-11(17)14(19-13)20-12-5-4-9(15)6-8(12)2/h4-7H,3H2,1-2H3,(H,18,19). The lowest BCUT2D eigenvalue weighted by Crippen LogP contribution is -2.05. The number of rotatable bonds is 4. The second kappa shape index (κ2) is 6.17. The summed E-state index contributed by atoms with van der Waals surface area (Å²) in [5.41, 5.74) is 0.815. The van der Waals surface area contributed by atoms with Crippen molar-refractivity contribution in [3.05, 3.63) is 45.9 Å². The summed E-state index contributed by atoms with van der Waals surface area (Å²) >= 11 is 3.33. The van der Waals surface area contributed by atoms with Crippen LogP contribution >= 0.6 is 15.9 Å². The molecule has 0 aliphatic heterocycles. The van der Waals surface area contributed by atoms with E-state index in [1.807, 2.05) is 13.0 Å². The Labute approximate surface area is 124 Å². The highest BCUT2D eigenvalue weighted by Crippen LogP contribution is 2.29. The van der Waals surface area contributed by atoms with E-state index >= 15 is 0 Å². The summed E-state index contributed by atoms with van der Waals surface area (Å²) in [4.78, 5) is 3.83. The molecule has 6 heteroatoms. The van der Waals surface area contributed by atoms with Crippen molar-refractivity contribution < 1.29 is 13.5 Å². The predicted molar refractivity (Wildman–Crippen MR) is 77.3 cm³/mol. The number of ether oxygens (including phenoxy) is 1. The Hall–Kier alpha value is -1.69. The van der Waals surface area contributed by atoms with Crippen LogP contribution in [0, 0.1) is 18.6 Å². The maximum absolute atomic E-state index is 13.7. The van der Waals surface area contributed by atoms with Gasteiger partial charge in [-0.2, -0.15) is 4.98 Å². The van der Waals surface area contributed by atoms with Crippen LogP contribution in [0.3, 0.4) is 0 Å². The molecular formula is C14H13BrF2N2O. The van der Waals surface area contributed by atoms with Crippen LogP contribution in [0.15, 0.2) is 28.7 Å². The number of hydrogen-bond acceptors (Lipinski definition) is 3. The largest absolute Gasteiger partial charge is 0.436 e. The topological polar surface area (TPSA) is 34.2 Å². The van der Waals surface area contributed by atoms with Gasteiger partial charge in [-0.15, -0.1) is 0 Å². The van der Waals surface area contributed by atoms with Crippen molar-refractivity contribution in [2.75, 3.05) is 11.9 Å². The van der Waals surface area contributed by atoms with Crippen molar-refractivity contribution in [3.8, 4) is 11.6 Å². The molecule has 1 heterocycles. The highest BCUT2D eigenvalue weighted by molar-refractivity contribution is 9.10. The number of halogens is 3. The number of hydrogen-bond donors (Lipinski definition) is 1. The van der Waals surface area contributed by atoms with Crippen molar-refractivity contribution >= 4 is 21.7 Å². The van der Waals surface area contributed by atoms with E-state index in [0.29, 0.717) is 12.3 Å². The predicted octanol–water partition coefficient (Wildman–Crippen LogP) is 4.65. The van der Waals surface area contributed by atoms with E-state index in [9.17, 15) is 8.78 Å². The monoisotopic (exact) mass is 342 g/mol. The zero-order valence-electron chi connectivity index (χ0n) is 11.0. The third-order valence-electron chi connectivity index (χ3n) is 2.59. The van der Waals surface area contributed by atoms with E-state index in [1.54, 1.807) is 19.1 Å². The van der Waals surface area contributed by atoms with Crippen LogP contribution in [-0.2, 0) is 0 Å². The summed E-state index contributed by atoms with van der Waals surface area (Å²) in [6.45, 7) is 4.10. The molecule has 0 saturated carbocycles. The highest BCUT2D eigenvalue weighted by atomic mass is 79.9. The zero-order valence-corrected chi connectivity index (χ0v) is 12.6. The van der Waals surface area contributed by atoms with E-state index in [2.05, 4.69) is 26.2 Å². The van der Waals surface area contributed by atoms with Crippen molar-refractivity contribution in [1.29, 1.82) is 0 Å². The molecule has 0 fully saturated rings. The molecule has 20 heavy (non-hydrogen) atoms. The van der Waals surface area contributed by atoms with Gasteiger partial charge in [-0.3, -0.25) is 0 Å². The Kier molecular flexibility index (Phi) is 4.54. The number of aryl methyl sites for hydroxylation is 1. The molecule has 0 spiro atoms. The lowest BCUT2D eigenvalue weighted by atomic mass is 10.2. The quantitative estimate of drug-likeness (QED) is 0.877. The summed E-state index contributed by atoms with van der Waals surface area (Å²) in [5, 5.41) is 2.71. The number of nitrogens with zero attached hydrogens (tertiary/aromatic N) is 1. The van der Waals surface area contributed by atoms with Crippen LogP contribution in [-0.4, -0.2) is 11.5 Å². The fourth-order valence-corrected chi connectivity index (χ4v) is 2.12. The molecule has 2 aromatic rings. The molecule has 0 radical (unpaired) electrons. The minimum absolute atomic E-state index is 0.0290. The molecule has 106 valence electrons. The van der Waals surface area contributed by atoms with Gasteiger partial charge in [0.2, 0.25) is 0 Å². The van der Waals surface area contributed by atoms with Gasteiger partial charge >= 0.3 is 0 Å². The minimum atomic E-state index is -0.841. The van der Waals surface area contributed by atoms with Crippen molar-refractivity contribution in [2.24, 2.45) is 0 Å². The lowest BCUT2D eigenvalue weighted by Gasteiger charge is -2.11. The van der Waals surface area contributed by atoms with Crippen molar-refractivity contribution in [2.45, 2.75) is 13.8 Å². The Bertz CT molecular complexity index is 635. The number of anilines is 1. The molecule has 1 aromatic heterocycles. The van der Waals surface area contributed by atoms with Gasteiger partial charge in [-0.1, -0.05) is 15.9 Å². The van der Waals surface area contributed by atoms with Gasteiger partial charge in [-0.05, 0) is 37.6 Å². The fourth-order valence-electron chi connectivity index (χ4n) is 1.64. The number of benzene rings is 1. The van der Waals surface area contributed by atoms with Crippen LogP contribution in [0.5, 0.6) is 11.6 Å². The zero-order chi connectivity index (χ0) is 14.7. The van der Waals surface area contributed by atoms with Gasteiger partial charge in [0.1, 0.15) is 5.75 Å². The summed E-state index contributed by atoms with van der Waals surface area (Å²) in [7, 11) is 0. The summed E-state index contributed by atoms with van der Waals surface area (Å²) in [5.74, 6) is -1.41. The molecule has 0 atom stereocenters. The van der Waals surface area contributed by atoms with Gasteiger partial charge in [0.25, 0.3) is 5.88 Å². The first kappa shape index (κ1) is 14.7. The van der Waals surface area contributed by atoms with Crippen LogP contribution in [0.25, 0.3) is 0 Å². The molecule has 0 saturated heterocycles. The van der Waals surface area contributed by atoms with Gasteiger partial charge in [-0.25, -0.2) is 8.78 Å². The Balaban J connectivity index is 2.35. The first-order valence-electron chi connectivity index (χ1n) is 6.05. The maximum atomic E-state index is 13.7. The molecule has 0 amide bonds. The smallest absolute Gasteiger partial charge is 0.258 e. The average Bonchev–Trinajstić information content (AvgIpc) is 2.38. The highest BCUT2D eigenvalue weighted by Gasteiger charge is 2.14. The van der Waals surface area contributed by atoms with Crippen LogP contribution < -0.4 is 10.1 Å². The average molecular weight is 343 g/mol. The van der Waals surface area contributed by atoms with E-state index < -0.39 is 11.6 Å². The van der Waals surface area contributed by atoms with Gasteiger partial charge in [0.05, 0.1) is 0 Å². The normalized spacial score (nSPS) is 10.4. The minimum Gasteiger partial charge on any atom is -0.436 e. The second-order valence-corrected chi connectivity index (χ2v) is 5.06. The van der Waals surface area contributed by atoms with Crippen LogP contribution in [0.2, 0.25) is 0 Å². The van der Waals surface area contributed by atoms with Crippen LogP contribution in [0.4, 0.5) is 14.6 Å². The summed E-state index contributed by atoms with van der Waals surface area (Å²) in [6.07, 6.45) is 0. The Morgan fingerprint density at radius 1 is 1.25 bits per heavy atom. The van der Waals surface area contributed by atoms with E-state index in [4.69, 9.17) is 4.74 Å². The molecule has 3 nitrogen and oxygen atoms in total. The molecule has 1 N–H and O–H groups in total. The molecular weight excluding hydrogens is 330 g/mol. The van der Waals surface area contributed by atoms with E-state index in [1.165, 1.54) is 0 Å². The molecule has 0 unspecified atom stereocenters.